The van der Waals surface area contributed by atoms with Gasteiger partial charge in [0.05, 0.1) is 0 Å². The molecule has 0 aromatic rings. The molecule has 0 N–H and O–H groups in total. The van der Waals surface area contributed by atoms with Crippen molar-refractivity contribution in [3.8, 4) is 0 Å². The van der Waals surface area contributed by atoms with E-state index in [1.807, 2.05) is 19.1 Å². The second-order valence-corrected chi connectivity index (χ2v) is 2.29. The largest absolute Gasteiger partial charge is 0.228 e. The van der Waals surface area contributed by atoms with Crippen LogP contribution in [0.3, 0.4) is 0 Å². The molecule has 0 spiro atoms. The average Bonchev–Trinajstić information content (AvgIpc) is 1.95. The Bertz CT molecular complexity index is 225. The molecule has 0 bridgehead atoms. The van der Waals surface area contributed by atoms with Gasteiger partial charge in [-0.1, -0.05) is 12.7 Å². The standard InChI is InChI=1S/C8H10NO/c1-3-8-5-4-7(2)9(10)6-8/h3-7H,1H2,2H3/q+1. The van der Waals surface area contributed by atoms with Gasteiger partial charge in [-0.3, -0.25) is 0 Å². The van der Waals surface area contributed by atoms with Gasteiger partial charge in [-0.15, -0.1) is 0 Å². The number of rotatable bonds is 1. The minimum absolute atomic E-state index is 0.0382. The number of nitroso groups, excluding NO2 is 1. The summed E-state index contributed by atoms with van der Waals surface area (Å²) in [5, 5.41) is 0. The van der Waals surface area contributed by atoms with Crippen molar-refractivity contribution in [3.05, 3.63) is 41.5 Å². The molecule has 0 aliphatic carbocycles. The van der Waals surface area contributed by atoms with Crippen LogP contribution in [0.2, 0.25) is 0 Å². The van der Waals surface area contributed by atoms with Crippen molar-refractivity contribution in [2.75, 3.05) is 0 Å². The maximum Gasteiger partial charge on any atom is 0.228 e. The number of hydrogen-bond donors (Lipinski definition) is 0. The van der Waals surface area contributed by atoms with E-state index >= 15 is 0 Å². The molecule has 1 heterocycles. The summed E-state index contributed by atoms with van der Waals surface area (Å²) in [6.45, 7) is 5.41. The Hall–Kier alpha value is -1.18. The van der Waals surface area contributed by atoms with E-state index in [2.05, 4.69) is 6.58 Å². The van der Waals surface area contributed by atoms with E-state index in [4.69, 9.17) is 0 Å². The van der Waals surface area contributed by atoms with E-state index in [1.165, 1.54) is 6.20 Å². The maximum atomic E-state index is 10.9. The molecular weight excluding hydrogens is 126 g/mol. The van der Waals surface area contributed by atoms with Crippen molar-refractivity contribution >= 4 is 0 Å². The van der Waals surface area contributed by atoms with Crippen molar-refractivity contribution in [2.24, 2.45) is 0 Å². The van der Waals surface area contributed by atoms with Gasteiger partial charge >= 0.3 is 0 Å². The molecular formula is C8H10NO+. The second kappa shape index (κ2) is 2.60. The molecule has 1 atom stereocenters. The smallest absolute Gasteiger partial charge is 0.0982 e. The number of hydrogen-bond acceptors (Lipinski definition) is 1. The first kappa shape index (κ1) is 6.93. The van der Waals surface area contributed by atoms with Crippen molar-refractivity contribution in [2.45, 2.75) is 13.0 Å². The van der Waals surface area contributed by atoms with E-state index in [-0.39, 0.29) is 6.04 Å². The first-order chi connectivity index (χ1) is 4.74. The van der Waals surface area contributed by atoms with Crippen LogP contribution in [0.15, 0.2) is 36.6 Å². The van der Waals surface area contributed by atoms with Crippen LogP contribution in [0.25, 0.3) is 0 Å². The van der Waals surface area contributed by atoms with Gasteiger partial charge in [-0.2, -0.15) is 0 Å². The molecule has 0 saturated heterocycles. The number of nitrogens with zero attached hydrogens (tertiary/aromatic N) is 1. The van der Waals surface area contributed by atoms with Crippen molar-refractivity contribution < 1.29 is 4.76 Å². The van der Waals surface area contributed by atoms with Crippen LogP contribution in [-0.4, -0.2) is 10.8 Å². The van der Waals surface area contributed by atoms with Crippen LogP contribution in [-0.2, 0) is 0 Å². The van der Waals surface area contributed by atoms with Crippen LogP contribution < -0.4 is 0 Å². The molecule has 0 fully saturated rings. The molecule has 0 radical (unpaired) electrons. The first-order valence-corrected chi connectivity index (χ1v) is 3.22. The second-order valence-electron chi connectivity index (χ2n) is 2.29. The minimum Gasteiger partial charge on any atom is -0.0982 e. The third kappa shape index (κ3) is 1.21. The van der Waals surface area contributed by atoms with Crippen LogP contribution in [0.1, 0.15) is 6.92 Å². The van der Waals surface area contributed by atoms with Crippen LogP contribution >= 0.6 is 0 Å². The summed E-state index contributed by atoms with van der Waals surface area (Å²) in [6, 6.07) is -0.0382. The fraction of sp³-hybridized carbons (Fsp3) is 0.250. The zero-order valence-corrected chi connectivity index (χ0v) is 5.95. The molecule has 1 unspecified atom stereocenters. The highest BCUT2D eigenvalue weighted by molar-refractivity contribution is 5.29. The molecule has 2 heteroatoms. The predicted molar refractivity (Wildman–Crippen MR) is 40.5 cm³/mol. The molecule has 0 aromatic carbocycles. The Morgan fingerprint density at radius 2 is 2.50 bits per heavy atom. The van der Waals surface area contributed by atoms with Crippen molar-refractivity contribution in [1.82, 2.24) is 0 Å². The summed E-state index contributed by atoms with van der Waals surface area (Å²) in [7, 11) is 0. The lowest BCUT2D eigenvalue weighted by molar-refractivity contribution is -0.506. The highest BCUT2D eigenvalue weighted by atomic mass is 16.3. The normalized spacial score (nSPS) is 24.3. The molecule has 0 aromatic heterocycles. The summed E-state index contributed by atoms with van der Waals surface area (Å²) in [5.41, 5.74) is 0.869. The van der Waals surface area contributed by atoms with Gasteiger partial charge in [0.1, 0.15) is 0 Å². The van der Waals surface area contributed by atoms with E-state index in [9.17, 15) is 4.91 Å². The average molecular weight is 136 g/mol. The Morgan fingerprint density at radius 1 is 1.80 bits per heavy atom. The third-order valence-corrected chi connectivity index (χ3v) is 1.48. The van der Waals surface area contributed by atoms with Crippen molar-refractivity contribution in [1.29, 1.82) is 0 Å². The summed E-state index contributed by atoms with van der Waals surface area (Å²) >= 11 is 0. The summed E-state index contributed by atoms with van der Waals surface area (Å²) < 4.78 is 0.914. The molecule has 1 rings (SSSR count). The van der Waals surface area contributed by atoms with Gasteiger partial charge < -0.3 is 0 Å². The first-order valence-electron chi connectivity index (χ1n) is 3.22. The summed E-state index contributed by atoms with van der Waals surface area (Å²) in [5.74, 6) is 0. The quantitative estimate of drug-likeness (QED) is 0.503. The highest BCUT2D eigenvalue weighted by Crippen LogP contribution is 2.08. The predicted octanol–water partition coefficient (Wildman–Crippen LogP) is 1.79. The van der Waals surface area contributed by atoms with Gasteiger partial charge in [0.25, 0.3) is 0 Å². The Labute approximate surface area is 60.1 Å². The highest BCUT2D eigenvalue weighted by Gasteiger charge is 2.17. The Balaban J connectivity index is 2.85. The van der Waals surface area contributed by atoms with Gasteiger partial charge in [0.2, 0.25) is 12.2 Å². The van der Waals surface area contributed by atoms with E-state index in [1.54, 1.807) is 6.08 Å². The van der Waals surface area contributed by atoms with Gasteiger partial charge in [-0.05, 0) is 12.2 Å². The zero-order chi connectivity index (χ0) is 7.56. The van der Waals surface area contributed by atoms with E-state index < -0.39 is 0 Å². The lowest BCUT2D eigenvalue weighted by atomic mass is 10.1. The summed E-state index contributed by atoms with van der Waals surface area (Å²) in [4.78, 5) is 10.9. The monoisotopic (exact) mass is 136 g/mol. The van der Waals surface area contributed by atoms with Gasteiger partial charge in [0.15, 0.2) is 0 Å². The Morgan fingerprint density at radius 3 is 3.00 bits per heavy atom. The fourth-order valence-electron chi connectivity index (χ4n) is 0.763. The van der Waals surface area contributed by atoms with E-state index in [0.29, 0.717) is 0 Å². The summed E-state index contributed by atoms with van der Waals surface area (Å²) in [6.07, 6.45) is 6.95. The molecule has 1 aliphatic rings. The molecule has 52 valence electrons. The topological polar surface area (TPSA) is 20.1 Å². The van der Waals surface area contributed by atoms with E-state index in [0.717, 1.165) is 10.3 Å². The lowest BCUT2D eigenvalue weighted by Crippen LogP contribution is -2.15. The molecule has 2 nitrogen and oxygen atoms in total. The Kier molecular flexibility index (Phi) is 1.81. The van der Waals surface area contributed by atoms with Crippen LogP contribution in [0, 0.1) is 4.91 Å². The fourth-order valence-corrected chi connectivity index (χ4v) is 0.763. The van der Waals surface area contributed by atoms with Gasteiger partial charge in [-0.25, -0.2) is 0 Å². The maximum absolute atomic E-state index is 10.9. The molecule has 1 aliphatic heterocycles. The molecule has 0 saturated carbocycles. The van der Waals surface area contributed by atoms with Crippen molar-refractivity contribution in [3.63, 3.8) is 0 Å². The molecule has 10 heavy (non-hydrogen) atoms. The minimum atomic E-state index is -0.0382. The van der Waals surface area contributed by atoms with Crippen LogP contribution in [0.4, 0.5) is 0 Å². The zero-order valence-electron chi connectivity index (χ0n) is 5.95. The molecule has 0 amide bonds. The van der Waals surface area contributed by atoms with Gasteiger partial charge in [0, 0.05) is 22.2 Å². The van der Waals surface area contributed by atoms with Crippen LogP contribution in [0.5, 0.6) is 0 Å². The lowest BCUT2D eigenvalue weighted by Gasteiger charge is -1.99. The third-order valence-electron chi connectivity index (χ3n) is 1.48. The SMILES string of the molecule is C=CC1=C[N+](=O)C(C)C=C1. The number of allylic oxidation sites excluding steroid dienone is 3.